The molecule has 178 valence electrons. The Morgan fingerprint density at radius 2 is 2.03 bits per heavy atom. The number of ether oxygens (including phenoxy) is 1. The van der Waals surface area contributed by atoms with Crippen molar-refractivity contribution in [1.29, 1.82) is 0 Å². The van der Waals surface area contributed by atoms with E-state index in [9.17, 15) is 8.42 Å². The predicted octanol–water partition coefficient (Wildman–Crippen LogP) is 2.30. The second-order valence-electron chi connectivity index (χ2n) is 7.93. The van der Waals surface area contributed by atoms with E-state index in [2.05, 4.69) is 27.3 Å². The summed E-state index contributed by atoms with van der Waals surface area (Å²) in [5.41, 5.74) is 0.432. The number of aliphatic imine (C=N–C) groups is 1. The van der Waals surface area contributed by atoms with Crippen molar-refractivity contribution in [1.82, 2.24) is 19.7 Å². The van der Waals surface area contributed by atoms with Crippen LogP contribution in [0.2, 0.25) is 0 Å². The van der Waals surface area contributed by atoms with Crippen LogP contribution in [0.4, 0.5) is 0 Å². The Morgan fingerprint density at radius 3 is 2.61 bits per heavy atom. The molecule has 9 nitrogen and oxygen atoms in total. The van der Waals surface area contributed by atoms with E-state index in [4.69, 9.17) is 9.26 Å². The molecule has 31 heavy (non-hydrogen) atoms. The lowest BCUT2D eigenvalue weighted by Gasteiger charge is -2.36. The van der Waals surface area contributed by atoms with Crippen LogP contribution in [0.25, 0.3) is 0 Å². The number of guanidine groups is 1. The molecule has 1 unspecified atom stereocenters. The molecule has 0 bridgehead atoms. The summed E-state index contributed by atoms with van der Waals surface area (Å²) >= 11 is 0. The molecule has 1 saturated carbocycles. The normalized spacial score (nSPS) is 19.9. The van der Waals surface area contributed by atoms with E-state index < -0.39 is 10.0 Å². The fraction of sp³-hybridized carbons (Fsp3) is 0.800. The number of nitrogens with zero attached hydrogens (tertiary/aromatic N) is 4. The first kappa shape index (κ1) is 26.3. The Morgan fingerprint density at radius 1 is 1.32 bits per heavy atom. The van der Waals surface area contributed by atoms with E-state index >= 15 is 0 Å². The number of rotatable bonds is 9. The molecule has 2 aliphatic rings. The molecule has 1 saturated heterocycles. The summed E-state index contributed by atoms with van der Waals surface area (Å²) in [5.74, 6) is 1.37. The monoisotopic (exact) mass is 569 g/mol. The molecule has 1 aliphatic carbocycles. The van der Waals surface area contributed by atoms with Crippen LogP contribution in [0.15, 0.2) is 21.8 Å². The van der Waals surface area contributed by atoms with Crippen LogP contribution in [0.5, 0.6) is 0 Å². The molecule has 1 N–H and O–H groups in total. The number of sulfonamides is 1. The largest absolute Gasteiger partial charge is 0.378 e. The van der Waals surface area contributed by atoms with Gasteiger partial charge in [-0.15, -0.1) is 24.0 Å². The first-order valence-corrected chi connectivity index (χ1v) is 12.6. The van der Waals surface area contributed by atoms with E-state index in [1.165, 1.54) is 36.3 Å². The topological polar surface area (TPSA) is 100 Å². The third-order valence-electron chi connectivity index (χ3n) is 5.98. The number of hydrogen-bond donors (Lipinski definition) is 1. The van der Waals surface area contributed by atoms with Gasteiger partial charge in [-0.25, -0.2) is 8.42 Å². The van der Waals surface area contributed by atoms with Crippen molar-refractivity contribution in [2.75, 3.05) is 46.4 Å². The molecule has 3 rings (SSSR count). The van der Waals surface area contributed by atoms with Gasteiger partial charge in [-0.3, -0.25) is 4.99 Å². The fourth-order valence-corrected chi connectivity index (χ4v) is 5.85. The Balaban J connectivity index is 0.00000341. The highest BCUT2D eigenvalue weighted by molar-refractivity contribution is 14.0. The quantitative estimate of drug-likeness (QED) is 0.277. The molecule has 0 radical (unpaired) electrons. The average molecular weight is 570 g/mol. The van der Waals surface area contributed by atoms with E-state index in [1.54, 1.807) is 13.1 Å². The third kappa shape index (κ3) is 7.57. The van der Waals surface area contributed by atoms with Gasteiger partial charge in [-0.2, -0.15) is 4.31 Å². The second-order valence-corrected chi connectivity index (χ2v) is 9.90. The number of nitrogens with one attached hydrogen (secondary N) is 1. The first-order valence-electron chi connectivity index (χ1n) is 11.0. The standard InChI is InChI=1S/C20H35N5O4S.HI/c1-3-28-19(17-6-4-5-7-17)8-10-22-20(21-2)24-11-13-25(14-12-24)30(26,27)16-18-9-15-29-23-18;/h9,15,17,19H,3-8,10-14,16H2,1-2H3,(H,21,22);1H. The van der Waals surface area contributed by atoms with Gasteiger partial charge in [0.15, 0.2) is 5.96 Å². The van der Waals surface area contributed by atoms with Gasteiger partial charge in [0.2, 0.25) is 10.0 Å². The highest BCUT2D eigenvalue weighted by Crippen LogP contribution is 2.30. The minimum absolute atomic E-state index is 0. The molecular formula is C20H36IN5O4S. The predicted molar refractivity (Wildman–Crippen MR) is 131 cm³/mol. The van der Waals surface area contributed by atoms with E-state index in [-0.39, 0.29) is 29.7 Å². The van der Waals surface area contributed by atoms with Crippen molar-refractivity contribution in [3.63, 3.8) is 0 Å². The maximum absolute atomic E-state index is 12.6. The van der Waals surface area contributed by atoms with Crippen molar-refractivity contribution in [3.05, 3.63) is 18.0 Å². The van der Waals surface area contributed by atoms with Crippen LogP contribution >= 0.6 is 24.0 Å². The van der Waals surface area contributed by atoms with Crippen molar-refractivity contribution >= 4 is 40.0 Å². The Hall–Kier alpha value is -0.920. The summed E-state index contributed by atoms with van der Waals surface area (Å²) in [7, 11) is -1.63. The first-order chi connectivity index (χ1) is 14.5. The summed E-state index contributed by atoms with van der Waals surface area (Å²) < 4.78 is 37.5. The van der Waals surface area contributed by atoms with Crippen molar-refractivity contribution in [2.45, 2.75) is 50.9 Å². The zero-order chi connectivity index (χ0) is 21.4. The van der Waals surface area contributed by atoms with E-state index in [1.807, 2.05) is 0 Å². The van der Waals surface area contributed by atoms with Gasteiger partial charge in [0.05, 0.1) is 11.8 Å². The van der Waals surface area contributed by atoms with Gasteiger partial charge in [0, 0.05) is 52.4 Å². The van der Waals surface area contributed by atoms with Crippen molar-refractivity contribution in [2.24, 2.45) is 10.9 Å². The van der Waals surface area contributed by atoms with E-state index in [0.29, 0.717) is 43.9 Å². The summed E-state index contributed by atoms with van der Waals surface area (Å²) in [6, 6.07) is 1.58. The minimum Gasteiger partial charge on any atom is -0.378 e. The van der Waals surface area contributed by atoms with Gasteiger partial charge in [-0.1, -0.05) is 18.0 Å². The summed E-state index contributed by atoms with van der Waals surface area (Å²) in [4.78, 5) is 6.52. The lowest BCUT2D eigenvalue weighted by atomic mass is 9.98. The van der Waals surface area contributed by atoms with E-state index in [0.717, 1.165) is 25.5 Å². The molecule has 1 aromatic heterocycles. The highest BCUT2D eigenvalue weighted by Gasteiger charge is 2.29. The SMILES string of the molecule is CCOC(CCNC(=NC)N1CCN(S(=O)(=O)Cc2ccon2)CC1)C1CCCC1.I. The number of halogens is 1. The lowest BCUT2D eigenvalue weighted by Crippen LogP contribution is -2.54. The number of piperazine rings is 1. The van der Waals surface area contributed by atoms with Crippen LogP contribution in [0.1, 0.15) is 44.7 Å². The summed E-state index contributed by atoms with van der Waals surface area (Å²) in [5, 5.41) is 7.16. The fourth-order valence-electron chi connectivity index (χ4n) is 4.43. The van der Waals surface area contributed by atoms with Gasteiger partial charge in [0.25, 0.3) is 0 Å². The average Bonchev–Trinajstić information content (AvgIpc) is 3.44. The molecule has 1 atom stereocenters. The Bertz CT molecular complexity index is 761. The van der Waals surface area contributed by atoms with Gasteiger partial charge in [0.1, 0.15) is 12.0 Å². The molecule has 1 aromatic rings. The van der Waals surface area contributed by atoms with Gasteiger partial charge < -0.3 is 19.5 Å². The molecule has 0 amide bonds. The van der Waals surface area contributed by atoms with Crippen molar-refractivity contribution in [3.8, 4) is 0 Å². The van der Waals surface area contributed by atoms with Crippen LogP contribution in [0, 0.1) is 5.92 Å². The smallest absolute Gasteiger partial charge is 0.220 e. The molecular weight excluding hydrogens is 533 g/mol. The number of aromatic nitrogens is 1. The molecule has 1 aliphatic heterocycles. The maximum Gasteiger partial charge on any atom is 0.220 e. The number of hydrogen-bond acceptors (Lipinski definition) is 6. The highest BCUT2D eigenvalue weighted by atomic mass is 127. The van der Waals surface area contributed by atoms with Gasteiger partial charge >= 0.3 is 0 Å². The molecule has 0 aromatic carbocycles. The van der Waals surface area contributed by atoms with Gasteiger partial charge in [-0.05, 0) is 32.1 Å². The van der Waals surface area contributed by atoms with Crippen LogP contribution < -0.4 is 5.32 Å². The van der Waals surface area contributed by atoms with Crippen molar-refractivity contribution < 1.29 is 17.7 Å². The maximum atomic E-state index is 12.6. The lowest BCUT2D eigenvalue weighted by molar-refractivity contribution is 0.0168. The molecule has 2 heterocycles. The van der Waals surface area contributed by atoms with Crippen LogP contribution in [-0.2, 0) is 20.5 Å². The Labute approximate surface area is 203 Å². The second kappa shape index (κ2) is 12.9. The molecule has 0 spiro atoms. The minimum atomic E-state index is -3.40. The Kier molecular flexibility index (Phi) is 11.0. The third-order valence-corrected chi connectivity index (χ3v) is 7.80. The van der Waals surface area contributed by atoms with Crippen LogP contribution in [0.3, 0.4) is 0 Å². The summed E-state index contributed by atoms with van der Waals surface area (Å²) in [6.07, 6.45) is 7.82. The zero-order valence-electron chi connectivity index (χ0n) is 18.5. The summed E-state index contributed by atoms with van der Waals surface area (Å²) in [6.45, 7) is 5.70. The van der Waals surface area contributed by atoms with Crippen LogP contribution in [-0.4, -0.2) is 81.2 Å². The zero-order valence-corrected chi connectivity index (χ0v) is 21.7. The molecule has 11 heteroatoms. The molecule has 2 fully saturated rings.